The summed E-state index contributed by atoms with van der Waals surface area (Å²) in [4.78, 5) is 11.5. The Hall–Kier alpha value is -1.56. The molecule has 1 N–H and O–H groups in total. The van der Waals surface area contributed by atoms with E-state index in [9.17, 15) is 18.3 Å². The van der Waals surface area contributed by atoms with Gasteiger partial charge in [-0.25, -0.2) is 8.42 Å². The number of benzene rings is 2. The van der Waals surface area contributed by atoms with E-state index < -0.39 is 32.9 Å². The van der Waals surface area contributed by atoms with Gasteiger partial charge in [-0.2, -0.15) is 0 Å². The Balaban J connectivity index is 2.00. The second kappa shape index (κ2) is 5.82. The van der Waals surface area contributed by atoms with Crippen molar-refractivity contribution >= 4 is 39.0 Å². The normalized spacial score (nSPS) is 23.5. The predicted octanol–water partition coefficient (Wildman–Crippen LogP) is 3.63. The second-order valence-corrected chi connectivity index (χ2v) is 8.39. The highest BCUT2D eigenvalue weighted by molar-refractivity contribution is 7.92. The van der Waals surface area contributed by atoms with Gasteiger partial charge < -0.3 is 5.11 Å². The van der Waals surface area contributed by atoms with E-state index in [2.05, 4.69) is 0 Å². The third-order valence-electron chi connectivity index (χ3n) is 3.97. The van der Waals surface area contributed by atoms with Crippen LogP contribution < -0.4 is 0 Å². The number of rotatable bonds is 4. The van der Waals surface area contributed by atoms with Crippen molar-refractivity contribution in [1.82, 2.24) is 0 Å². The monoisotopic (exact) mass is 370 g/mol. The average molecular weight is 371 g/mol. The van der Waals surface area contributed by atoms with Crippen molar-refractivity contribution in [3.05, 3.63) is 64.1 Å². The quantitative estimate of drug-likeness (QED) is 0.891. The molecular formula is C16H12Cl2O4S. The number of halogens is 2. The molecule has 2 aromatic carbocycles. The van der Waals surface area contributed by atoms with Crippen LogP contribution in [-0.2, 0) is 14.6 Å². The molecule has 1 aliphatic rings. The van der Waals surface area contributed by atoms with Crippen LogP contribution in [0.4, 0.5) is 0 Å². The standard InChI is InChI=1S/C16H12Cl2O4S/c17-10-4-6-12(7-5-10)23(21,22)15-13(14(15)16(19)20)9-2-1-3-11(18)8-9/h1-8,13-15H,(H,19,20)/t13-,14-,15-/m1/s1. The van der Waals surface area contributed by atoms with Gasteiger partial charge in [0.25, 0.3) is 0 Å². The Morgan fingerprint density at radius 1 is 1.00 bits per heavy atom. The van der Waals surface area contributed by atoms with E-state index >= 15 is 0 Å². The average Bonchev–Trinajstić information content (AvgIpc) is 3.24. The van der Waals surface area contributed by atoms with Crippen molar-refractivity contribution < 1.29 is 18.3 Å². The SMILES string of the molecule is O=C(O)[C@@H]1[C@@H](c2cccc(Cl)c2)[C@H]1S(=O)(=O)c1ccc(Cl)cc1. The van der Waals surface area contributed by atoms with Crippen LogP contribution in [0, 0.1) is 5.92 Å². The molecule has 4 nitrogen and oxygen atoms in total. The van der Waals surface area contributed by atoms with Crippen LogP contribution in [0.25, 0.3) is 0 Å². The van der Waals surface area contributed by atoms with Crippen molar-refractivity contribution in [2.45, 2.75) is 16.1 Å². The summed E-state index contributed by atoms with van der Waals surface area (Å²) >= 11 is 11.7. The van der Waals surface area contributed by atoms with E-state index in [1.807, 2.05) is 0 Å². The minimum Gasteiger partial charge on any atom is -0.481 e. The van der Waals surface area contributed by atoms with Crippen LogP contribution in [0.2, 0.25) is 10.0 Å². The summed E-state index contributed by atoms with van der Waals surface area (Å²) in [6.07, 6.45) is 0. The lowest BCUT2D eigenvalue weighted by atomic mass is 10.1. The van der Waals surface area contributed by atoms with Crippen LogP contribution in [0.15, 0.2) is 53.4 Å². The fourth-order valence-electron chi connectivity index (χ4n) is 2.86. The maximum atomic E-state index is 12.7. The lowest BCUT2D eigenvalue weighted by Crippen LogP contribution is -2.13. The predicted molar refractivity (Wildman–Crippen MR) is 87.7 cm³/mol. The van der Waals surface area contributed by atoms with E-state index in [4.69, 9.17) is 23.2 Å². The lowest BCUT2D eigenvalue weighted by molar-refractivity contribution is -0.138. The number of sulfone groups is 1. The molecule has 1 aliphatic carbocycles. The molecule has 0 heterocycles. The van der Waals surface area contributed by atoms with Gasteiger partial charge in [0.1, 0.15) is 0 Å². The minimum atomic E-state index is -3.77. The third kappa shape index (κ3) is 2.96. The van der Waals surface area contributed by atoms with Gasteiger partial charge in [0.15, 0.2) is 9.84 Å². The first-order chi connectivity index (χ1) is 10.8. The van der Waals surface area contributed by atoms with Crippen molar-refractivity contribution in [1.29, 1.82) is 0 Å². The summed E-state index contributed by atoms with van der Waals surface area (Å²) in [6, 6.07) is 12.4. The molecule has 0 unspecified atom stereocenters. The molecule has 23 heavy (non-hydrogen) atoms. The zero-order valence-electron chi connectivity index (χ0n) is 11.7. The van der Waals surface area contributed by atoms with Crippen molar-refractivity contribution in [3.63, 3.8) is 0 Å². The van der Waals surface area contributed by atoms with Crippen molar-refractivity contribution in [3.8, 4) is 0 Å². The van der Waals surface area contributed by atoms with Crippen LogP contribution in [0.3, 0.4) is 0 Å². The zero-order valence-corrected chi connectivity index (χ0v) is 14.0. The Morgan fingerprint density at radius 3 is 2.22 bits per heavy atom. The van der Waals surface area contributed by atoms with Gasteiger partial charge in [-0.15, -0.1) is 0 Å². The van der Waals surface area contributed by atoms with Gasteiger partial charge in [-0.3, -0.25) is 4.79 Å². The van der Waals surface area contributed by atoms with Gasteiger partial charge in [0, 0.05) is 16.0 Å². The molecule has 0 saturated heterocycles. The number of carbonyl (C=O) groups is 1. The maximum absolute atomic E-state index is 12.7. The van der Waals surface area contributed by atoms with Gasteiger partial charge in [-0.1, -0.05) is 35.3 Å². The lowest BCUT2D eigenvalue weighted by Gasteiger charge is -2.04. The molecule has 0 amide bonds. The van der Waals surface area contributed by atoms with Crippen LogP contribution in [0.5, 0.6) is 0 Å². The van der Waals surface area contributed by atoms with Gasteiger partial charge in [0.2, 0.25) is 0 Å². The molecule has 7 heteroatoms. The molecule has 1 fully saturated rings. The molecule has 2 aromatic rings. The summed E-state index contributed by atoms with van der Waals surface area (Å²) in [6.45, 7) is 0. The fourth-order valence-corrected chi connectivity index (χ4v) is 5.30. The summed E-state index contributed by atoms with van der Waals surface area (Å²) in [5.74, 6) is -2.71. The largest absolute Gasteiger partial charge is 0.481 e. The summed E-state index contributed by atoms with van der Waals surface area (Å²) in [5.41, 5.74) is 0.618. The van der Waals surface area contributed by atoms with Gasteiger partial charge in [-0.05, 0) is 42.0 Å². The Morgan fingerprint density at radius 2 is 1.65 bits per heavy atom. The van der Waals surface area contributed by atoms with E-state index in [0.717, 1.165) is 0 Å². The first kappa shape index (κ1) is 16.3. The maximum Gasteiger partial charge on any atom is 0.308 e. The van der Waals surface area contributed by atoms with Crippen LogP contribution >= 0.6 is 23.2 Å². The Kier molecular flexibility index (Phi) is 4.12. The molecule has 120 valence electrons. The van der Waals surface area contributed by atoms with Gasteiger partial charge in [0.05, 0.1) is 16.1 Å². The van der Waals surface area contributed by atoms with E-state index in [0.29, 0.717) is 15.6 Å². The summed E-state index contributed by atoms with van der Waals surface area (Å²) < 4.78 is 25.5. The van der Waals surface area contributed by atoms with E-state index in [-0.39, 0.29) is 4.90 Å². The van der Waals surface area contributed by atoms with Crippen LogP contribution in [-0.4, -0.2) is 24.7 Å². The summed E-state index contributed by atoms with van der Waals surface area (Å²) in [5, 5.41) is 9.22. The summed E-state index contributed by atoms with van der Waals surface area (Å²) in [7, 11) is -3.77. The smallest absolute Gasteiger partial charge is 0.308 e. The topological polar surface area (TPSA) is 71.4 Å². The number of carboxylic acid groups (broad SMARTS) is 1. The third-order valence-corrected chi connectivity index (χ3v) is 6.69. The Labute approximate surface area is 143 Å². The number of hydrogen-bond acceptors (Lipinski definition) is 3. The number of hydrogen-bond donors (Lipinski definition) is 1. The molecule has 3 atom stereocenters. The van der Waals surface area contributed by atoms with Gasteiger partial charge >= 0.3 is 5.97 Å². The van der Waals surface area contributed by atoms with E-state index in [1.165, 1.54) is 24.3 Å². The van der Waals surface area contributed by atoms with Crippen molar-refractivity contribution in [2.75, 3.05) is 0 Å². The molecule has 0 spiro atoms. The number of aliphatic carboxylic acids is 1. The molecular weight excluding hydrogens is 359 g/mol. The van der Waals surface area contributed by atoms with E-state index in [1.54, 1.807) is 24.3 Å². The highest BCUT2D eigenvalue weighted by atomic mass is 35.5. The zero-order chi connectivity index (χ0) is 16.8. The molecule has 0 aliphatic heterocycles. The molecule has 3 rings (SSSR count). The minimum absolute atomic E-state index is 0.0719. The van der Waals surface area contributed by atoms with Crippen molar-refractivity contribution in [2.24, 2.45) is 5.92 Å². The first-order valence-electron chi connectivity index (χ1n) is 6.80. The first-order valence-corrected chi connectivity index (χ1v) is 9.10. The highest BCUT2D eigenvalue weighted by Gasteiger charge is 2.63. The Bertz CT molecular complexity index is 862. The second-order valence-electron chi connectivity index (χ2n) is 5.41. The fraction of sp³-hybridized carbons (Fsp3) is 0.188. The number of carboxylic acids is 1. The van der Waals surface area contributed by atoms with Crippen LogP contribution in [0.1, 0.15) is 11.5 Å². The molecule has 0 radical (unpaired) electrons. The highest BCUT2D eigenvalue weighted by Crippen LogP contribution is 2.54. The molecule has 1 saturated carbocycles. The molecule has 0 bridgehead atoms. The molecule has 0 aromatic heterocycles.